The zero-order valence-electron chi connectivity index (χ0n) is 7.51. The third-order valence-electron chi connectivity index (χ3n) is 1.53. The lowest BCUT2D eigenvalue weighted by Gasteiger charge is -2.14. The summed E-state index contributed by atoms with van der Waals surface area (Å²) in [4.78, 5) is 21.3. The molecule has 0 saturated heterocycles. The Balaban J connectivity index is 3.91. The first-order chi connectivity index (χ1) is 6.51. The molecule has 0 heterocycles. The Labute approximate surface area is 80.5 Å². The molecule has 14 heavy (non-hydrogen) atoms. The quantitative estimate of drug-likeness (QED) is 0.320. The standard InChI is InChI=1S/C7H14N2O5/c8-5(7(13)14)1-6(12)9-4(2-10)3-11/h4-5,10-11H,1-3,8H2,(H,9,12)(H,13,14). The van der Waals surface area contributed by atoms with Gasteiger partial charge in [-0.2, -0.15) is 0 Å². The van der Waals surface area contributed by atoms with Gasteiger partial charge in [-0.15, -0.1) is 0 Å². The molecule has 0 aromatic heterocycles. The number of carboxylic acid groups (broad SMARTS) is 1. The Morgan fingerprint density at radius 2 is 1.79 bits per heavy atom. The zero-order valence-corrected chi connectivity index (χ0v) is 7.51. The molecule has 0 aliphatic carbocycles. The van der Waals surface area contributed by atoms with Crippen LogP contribution in [0.1, 0.15) is 6.42 Å². The Morgan fingerprint density at radius 1 is 1.29 bits per heavy atom. The van der Waals surface area contributed by atoms with Crippen molar-refractivity contribution in [3.63, 3.8) is 0 Å². The average molecular weight is 206 g/mol. The van der Waals surface area contributed by atoms with Crippen LogP contribution in [0.15, 0.2) is 0 Å². The van der Waals surface area contributed by atoms with E-state index in [1.807, 2.05) is 0 Å². The van der Waals surface area contributed by atoms with E-state index < -0.39 is 37.2 Å². The molecule has 0 spiro atoms. The molecule has 6 N–H and O–H groups in total. The van der Waals surface area contributed by atoms with Crippen LogP contribution in [0.3, 0.4) is 0 Å². The molecule has 0 aromatic carbocycles. The summed E-state index contributed by atoms with van der Waals surface area (Å²) in [6.07, 6.45) is -0.383. The fourth-order valence-corrected chi connectivity index (χ4v) is 0.723. The summed E-state index contributed by atoms with van der Waals surface area (Å²) < 4.78 is 0. The largest absolute Gasteiger partial charge is 0.480 e. The van der Waals surface area contributed by atoms with E-state index in [-0.39, 0.29) is 6.42 Å². The van der Waals surface area contributed by atoms with E-state index in [1.165, 1.54) is 0 Å². The van der Waals surface area contributed by atoms with E-state index in [1.54, 1.807) is 0 Å². The van der Waals surface area contributed by atoms with Gasteiger partial charge < -0.3 is 26.4 Å². The number of nitrogens with one attached hydrogen (secondary N) is 1. The monoisotopic (exact) mass is 206 g/mol. The van der Waals surface area contributed by atoms with Crippen molar-refractivity contribution in [3.05, 3.63) is 0 Å². The van der Waals surface area contributed by atoms with Gasteiger partial charge in [0.15, 0.2) is 0 Å². The maximum atomic E-state index is 11.0. The van der Waals surface area contributed by atoms with Crippen LogP contribution in [0.5, 0.6) is 0 Å². The summed E-state index contributed by atoms with van der Waals surface area (Å²) in [7, 11) is 0. The number of aliphatic carboxylic acids is 1. The number of aliphatic hydroxyl groups is 2. The summed E-state index contributed by atoms with van der Waals surface area (Å²) in [5.41, 5.74) is 5.09. The molecule has 0 aliphatic rings. The second-order valence-corrected chi connectivity index (χ2v) is 2.78. The van der Waals surface area contributed by atoms with Gasteiger partial charge in [0, 0.05) is 0 Å². The Morgan fingerprint density at radius 3 is 2.14 bits per heavy atom. The molecule has 0 saturated carbocycles. The minimum Gasteiger partial charge on any atom is -0.480 e. The highest BCUT2D eigenvalue weighted by atomic mass is 16.4. The van der Waals surface area contributed by atoms with Crippen LogP contribution in [-0.2, 0) is 9.59 Å². The van der Waals surface area contributed by atoms with Gasteiger partial charge in [0.2, 0.25) is 5.91 Å². The highest BCUT2D eigenvalue weighted by Gasteiger charge is 2.18. The van der Waals surface area contributed by atoms with Gasteiger partial charge in [0.05, 0.1) is 25.7 Å². The Bertz CT molecular complexity index is 204. The normalized spacial score (nSPS) is 12.6. The van der Waals surface area contributed by atoms with Crippen molar-refractivity contribution in [1.29, 1.82) is 0 Å². The predicted molar refractivity (Wildman–Crippen MR) is 46.3 cm³/mol. The maximum Gasteiger partial charge on any atom is 0.321 e. The van der Waals surface area contributed by atoms with Crippen molar-refractivity contribution in [2.45, 2.75) is 18.5 Å². The number of hydrogen-bond acceptors (Lipinski definition) is 5. The number of carbonyl (C=O) groups is 2. The van der Waals surface area contributed by atoms with Crippen molar-refractivity contribution in [1.82, 2.24) is 5.32 Å². The van der Waals surface area contributed by atoms with Gasteiger partial charge in [-0.1, -0.05) is 0 Å². The van der Waals surface area contributed by atoms with E-state index in [0.717, 1.165) is 0 Å². The molecule has 0 aromatic rings. The van der Waals surface area contributed by atoms with Crippen LogP contribution in [0, 0.1) is 0 Å². The van der Waals surface area contributed by atoms with Crippen molar-refractivity contribution in [3.8, 4) is 0 Å². The summed E-state index contributed by atoms with van der Waals surface area (Å²) in [5.74, 6) is -1.89. The fraction of sp³-hybridized carbons (Fsp3) is 0.714. The first-order valence-electron chi connectivity index (χ1n) is 4.00. The molecule has 1 unspecified atom stereocenters. The van der Waals surface area contributed by atoms with Crippen LogP contribution in [0.4, 0.5) is 0 Å². The third kappa shape index (κ3) is 4.75. The number of hydrogen-bond donors (Lipinski definition) is 5. The van der Waals surface area contributed by atoms with Crippen molar-refractivity contribution in [2.75, 3.05) is 13.2 Å². The van der Waals surface area contributed by atoms with Crippen LogP contribution >= 0.6 is 0 Å². The molecular formula is C7H14N2O5. The molecule has 0 radical (unpaired) electrons. The molecule has 1 amide bonds. The second kappa shape index (κ2) is 6.30. The molecule has 82 valence electrons. The molecule has 7 heteroatoms. The summed E-state index contributed by atoms with van der Waals surface area (Å²) in [6, 6.07) is -2.04. The lowest BCUT2D eigenvalue weighted by atomic mass is 10.2. The highest BCUT2D eigenvalue weighted by molar-refractivity contribution is 5.84. The summed E-state index contributed by atoms with van der Waals surface area (Å²) >= 11 is 0. The summed E-state index contributed by atoms with van der Waals surface area (Å²) in [6.45, 7) is -0.824. The van der Waals surface area contributed by atoms with Gasteiger partial charge in [0.25, 0.3) is 0 Å². The topological polar surface area (TPSA) is 133 Å². The smallest absolute Gasteiger partial charge is 0.321 e. The lowest BCUT2D eigenvalue weighted by molar-refractivity contribution is -0.140. The molecular weight excluding hydrogens is 192 g/mol. The van der Waals surface area contributed by atoms with Crippen molar-refractivity contribution in [2.24, 2.45) is 5.73 Å². The van der Waals surface area contributed by atoms with Crippen molar-refractivity contribution < 1.29 is 24.9 Å². The molecule has 7 nitrogen and oxygen atoms in total. The average Bonchev–Trinajstić information content (AvgIpc) is 2.13. The second-order valence-electron chi connectivity index (χ2n) is 2.78. The zero-order chi connectivity index (χ0) is 11.1. The SMILES string of the molecule is NC(CC(=O)NC(CO)CO)C(=O)O. The maximum absolute atomic E-state index is 11.0. The third-order valence-corrected chi connectivity index (χ3v) is 1.53. The van der Waals surface area contributed by atoms with E-state index in [4.69, 9.17) is 21.1 Å². The molecule has 0 fully saturated rings. The first-order valence-corrected chi connectivity index (χ1v) is 4.00. The van der Waals surface area contributed by atoms with Gasteiger partial charge in [-0.05, 0) is 0 Å². The number of rotatable bonds is 6. The first kappa shape index (κ1) is 12.8. The van der Waals surface area contributed by atoms with Gasteiger partial charge in [-0.25, -0.2) is 0 Å². The number of carbonyl (C=O) groups excluding carboxylic acids is 1. The van der Waals surface area contributed by atoms with Gasteiger partial charge in [0.1, 0.15) is 6.04 Å². The van der Waals surface area contributed by atoms with Crippen molar-refractivity contribution >= 4 is 11.9 Å². The van der Waals surface area contributed by atoms with E-state index in [2.05, 4.69) is 5.32 Å². The van der Waals surface area contributed by atoms with Crippen LogP contribution < -0.4 is 11.1 Å². The van der Waals surface area contributed by atoms with Crippen LogP contribution in [0.25, 0.3) is 0 Å². The minimum absolute atomic E-state index is 0.383. The Kier molecular flexibility index (Phi) is 5.77. The molecule has 1 atom stereocenters. The minimum atomic E-state index is -1.27. The number of aliphatic hydroxyl groups excluding tert-OH is 2. The number of amides is 1. The molecule has 0 bridgehead atoms. The van der Waals surface area contributed by atoms with E-state index >= 15 is 0 Å². The predicted octanol–water partition coefficient (Wildman–Crippen LogP) is -2.74. The molecule has 0 aliphatic heterocycles. The van der Waals surface area contributed by atoms with E-state index in [0.29, 0.717) is 0 Å². The fourth-order valence-electron chi connectivity index (χ4n) is 0.723. The summed E-state index contributed by atoms with van der Waals surface area (Å²) in [5, 5.41) is 27.8. The lowest BCUT2D eigenvalue weighted by Crippen LogP contribution is -2.44. The molecule has 0 rings (SSSR count). The van der Waals surface area contributed by atoms with Gasteiger partial charge >= 0.3 is 5.97 Å². The van der Waals surface area contributed by atoms with Crippen LogP contribution in [0.2, 0.25) is 0 Å². The Hall–Kier alpha value is -1.18. The van der Waals surface area contributed by atoms with Crippen LogP contribution in [-0.4, -0.2) is 52.5 Å². The van der Waals surface area contributed by atoms with E-state index in [9.17, 15) is 9.59 Å². The number of nitrogens with two attached hydrogens (primary N) is 1. The highest BCUT2D eigenvalue weighted by Crippen LogP contribution is 1.90. The van der Waals surface area contributed by atoms with Gasteiger partial charge in [-0.3, -0.25) is 9.59 Å². The number of carboxylic acids is 1.